The third-order valence-corrected chi connectivity index (χ3v) is 4.15. The van der Waals surface area contributed by atoms with Gasteiger partial charge in [0, 0.05) is 5.56 Å². The number of para-hydroxylation sites is 1. The van der Waals surface area contributed by atoms with Crippen molar-refractivity contribution in [3.8, 4) is 22.1 Å². The van der Waals surface area contributed by atoms with Gasteiger partial charge < -0.3 is 4.74 Å². The number of aryl methyl sites for hydroxylation is 1. The Morgan fingerprint density at radius 2 is 1.67 bits per heavy atom. The van der Waals surface area contributed by atoms with Gasteiger partial charge in [0.05, 0.1) is 10.6 Å². The third-order valence-electron chi connectivity index (χ3n) is 3.02. The van der Waals surface area contributed by atoms with Gasteiger partial charge in [-0.25, -0.2) is 4.98 Å². The second kappa shape index (κ2) is 5.89. The standard InChI is InChI=1S/C17H13NO2S/c1-12-16(11-19)21-17(18-12)13-7-9-15(10-8-13)20-14-5-3-2-4-6-14/h2-11H,1H3. The number of aldehydes is 1. The quantitative estimate of drug-likeness (QED) is 0.654. The molecule has 0 spiro atoms. The number of aromatic nitrogens is 1. The van der Waals surface area contributed by atoms with E-state index in [1.54, 1.807) is 0 Å². The van der Waals surface area contributed by atoms with Gasteiger partial charge in [0.25, 0.3) is 0 Å². The molecular formula is C17H13NO2S. The van der Waals surface area contributed by atoms with Crippen LogP contribution < -0.4 is 4.74 Å². The SMILES string of the molecule is Cc1nc(-c2ccc(Oc3ccccc3)cc2)sc1C=O. The topological polar surface area (TPSA) is 39.2 Å². The zero-order valence-electron chi connectivity index (χ0n) is 11.4. The molecule has 0 N–H and O–H groups in total. The summed E-state index contributed by atoms with van der Waals surface area (Å²) in [4.78, 5) is 16.0. The summed E-state index contributed by atoms with van der Waals surface area (Å²) < 4.78 is 5.75. The molecular weight excluding hydrogens is 282 g/mol. The van der Waals surface area contributed by atoms with Gasteiger partial charge in [-0.05, 0) is 43.3 Å². The Hall–Kier alpha value is -2.46. The first kappa shape index (κ1) is 13.5. The maximum atomic E-state index is 10.9. The van der Waals surface area contributed by atoms with Crippen molar-refractivity contribution in [1.82, 2.24) is 4.98 Å². The van der Waals surface area contributed by atoms with Crippen molar-refractivity contribution >= 4 is 17.6 Å². The summed E-state index contributed by atoms with van der Waals surface area (Å²) in [6.07, 6.45) is 0.851. The second-order valence-electron chi connectivity index (χ2n) is 4.53. The smallest absolute Gasteiger partial charge is 0.161 e. The maximum Gasteiger partial charge on any atom is 0.161 e. The summed E-state index contributed by atoms with van der Waals surface area (Å²) in [5, 5.41) is 0.848. The highest BCUT2D eigenvalue weighted by Gasteiger charge is 2.08. The van der Waals surface area contributed by atoms with Gasteiger partial charge in [-0.2, -0.15) is 0 Å². The number of nitrogens with zero attached hydrogens (tertiary/aromatic N) is 1. The zero-order valence-corrected chi connectivity index (χ0v) is 12.3. The predicted octanol–water partition coefficient (Wildman–Crippen LogP) is 4.72. The Bertz CT molecular complexity index is 748. The van der Waals surface area contributed by atoms with E-state index in [4.69, 9.17) is 4.74 Å². The average molecular weight is 295 g/mol. The number of hydrogen-bond donors (Lipinski definition) is 0. The molecule has 0 fully saturated rings. The van der Waals surface area contributed by atoms with E-state index in [0.29, 0.717) is 4.88 Å². The molecule has 4 heteroatoms. The molecule has 0 aliphatic carbocycles. The van der Waals surface area contributed by atoms with Crippen LogP contribution in [-0.2, 0) is 0 Å². The molecule has 3 aromatic rings. The van der Waals surface area contributed by atoms with Crippen molar-refractivity contribution in [3.05, 3.63) is 65.2 Å². The van der Waals surface area contributed by atoms with Crippen molar-refractivity contribution in [2.45, 2.75) is 6.92 Å². The largest absolute Gasteiger partial charge is 0.457 e. The fourth-order valence-electron chi connectivity index (χ4n) is 1.93. The monoisotopic (exact) mass is 295 g/mol. The van der Waals surface area contributed by atoms with E-state index in [0.717, 1.165) is 34.1 Å². The average Bonchev–Trinajstić information content (AvgIpc) is 2.90. The van der Waals surface area contributed by atoms with Crippen LogP contribution in [0.4, 0.5) is 0 Å². The van der Waals surface area contributed by atoms with Gasteiger partial charge >= 0.3 is 0 Å². The minimum absolute atomic E-state index is 0.676. The van der Waals surface area contributed by atoms with Gasteiger partial charge in [-0.3, -0.25) is 4.79 Å². The van der Waals surface area contributed by atoms with Crippen LogP contribution in [0.2, 0.25) is 0 Å². The van der Waals surface area contributed by atoms with Gasteiger partial charge in [0.15, 0.2) is 6.29 Å². The lowest BCUT2D eigenvalue weighted by Crippen LogP contribution is -1.84. The van der Waals surface area contributed by atoms with E-state index in [-0.39, 0.29) is 0 Å². The summed E-state index contributed by atoms with van der Waals surface area (Å²) in [6.45, 7) is 1.84. The molecule has 1 heterocycles. The molecule has 21 heavy (non-hydrogen) atoms. The lowest BCUT2D eigenvalue weighted by molar-refractivity contribution is 0.112. The summed E-state index contributed by atoms with van der Waals surface area (Å²) in [6, 6.07) is 17.3. The van der Waals surface area contributed by atoms with E-state index < -0.39 is 0 Å². The molecule has 0 amide bonds. The van der Waals surface area contributed by atoms with E-state index in [9.17, 15) is 4.79 Å². The number of carbonyl (C=O) groups is 1. The lowest BCUT2D eigenvalue weighted by atomic mass is 10.2. The van der Waals surface area contributed by atoms with E-state index in [1.165, 1.54) is 11.3 Å². The van der Waals surface area contributed by atoms with Gasteiger partial charge in [0.2, 0.25) is 0 Å². The summed E-state index contributed by atoms with van der Waals surface area (Å²) in [7, 11) is 0. The van der Waals surface area contributed by atoms with Crippen molar-refractivity contribution in [3.63, 3.8) is 0 Å². The summed E-state index contributed by atoms with van der Waals surface area (Å²) in [5.74, 6) is 1.58. The Morgan fingerprint density at radius 1 is 1.00 bits per heavy atom. The fraction of sp³-hybridized carbons (Fsp3) is 0.0588. The molecule has 0 radical (unpaired) electrons. The van der Waals surface area contributed by atoms with Gasteiger partial charge in [0.1, 0.15) is 16.5 Å². The molecule has 3 nitrogen and oxygen atoms in total. The lowest BCUT2D eigenvalue weighted by Gasteiger charge is -2.05. The fourth-order valence-corrected chi connectivity index (χ4v) is 2.82. The molecule has 2 aromatic carbocycles. The molecule has 3 rings (SSSR count). The first-order chi connectivity index (χ1) is 10.3. The predicted molar refractivity (Wildman–Crippen MR) is 84.2 cm³/mol. The Morgan fingerprint density at radius 3 is 2.29 bits per heavy atom. The Kier molecular flexibility index (Phi) is 3.79. The van der Waals surface area contributed by atoms with Crippen molar-refractivity contribution < 1.29 is 9.53 Å². The van der Waals surface area contributed by atoms with Crippen LogP contribution >= 0.6 is 11.3 Å². The molecule has 0 saturated carbocycles. The second-order valence-corrected chi connectivity index (χ2v) is 5.56. The summed E-state index contributed by atoms with van der Waals surface area (Å²) >= 11 is 1.40. The van der Waals surface area contributed by atoms with Crippen LogP contribution in [-0.4, -0.2) is 11.3 Å². The maximum absolute atomic E-state index is 10.9. The number of carbonyl (C=O) groups excluding carboxylic acids is 1. The van der Waals surface area contributed by atoms with Crippen molar-refractivity contribution in [2.24, 2.45) is 0 Å². The highest BCUT2D eigenvalue weighted by molar-refractivity contribution is 7.16. The van der Waals surface area contributed by atoms with Crippen LogP contribution in [0.3, 0.4) is 0 Å². The van der Waals surface area contributed by atoms with Crippen LogP contribution in [0.15, 0.2) is 54.6 Å². The van der Waals surface area contributed by atoms with E-state index in [1.807, 2.05) is 61.5 Å². The number of benzene rings is 2. The molecule has 0 saturated heterocycles. The van der Waals surface area contributed by atoms with Crippen LogP contribution in [0.25, 0.3) is 10.6 Å². The van der Waals surface area contributed by atoms with E-state index >= 15 is 0 Å². The Balaban J connectivity index is 1.82. The zero-order chi connectivity index (χ0) is 14.7. The van der Waals surface area contributed by atoms with Crippen molar-refractivity contribution in [2.75, 3.05) is 0 Å². The third kappa shape index (κ3) is 3.01. The number of ether oxygens (including phenoxy) is 1. The van der Waals surface area contributed by atoms with Crippen molar-refractivity contribution in [1.29, 1.82) is 0 Å². The van der Waals surface area contributed by atoms with Crippen LogP contribution in [0.5, 0.6) is 11.5 Å². The molecule has 104 valence electrons. The van der Waals surface area contributed by atoms with E-state index in [2.05, 4.69) is 4.98 Å². The summed E-state index contributed by atoms with van der Waals surface area (Å²) in [5.41, 5.74) is 1.76. The number of hydrogen-bond acceptors (Lipinski definition) is 4. The number of thiazole rings is 1. The molecule has 0 aliphatic heterocycles. The molecule has 0 atom stereocenters. The van der Waals surface area contributed by atoms with Crippen LogP contribution in [0, 0.1) is 6.92 Å². The molecule has 0 unspecified atom stereocenters. The first-order valence-corrected chi connectivity index (χ1v) is 7.34. The highest BCUT2D eigenvalue weighted by Crippen LogP contribution is 2.29. The first-order valence-electron chi connectivity index (χ1n) is 6.52. The molecule has 1 aromatic heterocycles. The Labute approximate surface area is 126 Å². The van der Waals surface area contributed by atoms with Gasteiger partial charge in [-0.1, -0.05) is 18.2 Å². The minimum atomic E-state index is 0.676. The number of rotatable bonds is 4. The molecule has 0 bridgehead atoms. The molecule has 0 aliphatic rings. The minimum Gasteiger partial charge on any atom is -0.457 e. The van der Waals surface area contributed by atoms with Crippen LogP contribution in [0.1, 0.15) is 15.4 Å². The van der Waals surface area contributed by atoms with Gasteiger partial charge in [-0.15, -0.1) is 11.3 Å². The normalized spacial score (nSPS) is 10.3. The highest BCUT2D eigenvalue weighted by atomic mass is 32.1.